The average Bonchev–Trinajstić information content (AvgIpc) is 3.78. The van der Waals surface area contributed by atoms with E-state index >= 15 is 0 Å². The van der Waals surface area contributed by atoms with E-state index in [1.54, 1.807) is 49.4 Å². The highest BCUT2D eigenvalue weighted by Gasteiger charge is 2.22. The second kappa shape index (κ2) is 28.3. The lowest BCUT2D eigenvalue weighted by Crippen LogP contribution is -2.15. The first kappa shape index (κ1) is 54.6. The summed E-state index contributed by atoms with van der Waals surface area (Å²) in [6.45, 7) is 18.5. The zero-order valence-electron chi connectivity index (χ0n) is 40.1. The van der Waals surface area contributed by atoms with Crippen LogP contribution in [0.2, 0.25) is 0 Å². The summed E-state index contributed by atoms with van der Waals surface area (Å²) in [5.41, 5.74) is 4.14. The van der Waals surface area contributed by atoms with Crippen LogP contribution in [0.3, 0.4) is 0 Å². The van der Waals surface area contributed by atoms with Gasteiger partial charge in [-0.1, -0.05) is 37.7 Å². The molecule has 5 rings (SSSR count). The van der Waals surface area contributed by atoms with E-state index in [-0.39, 0.29) is 45.1 Å². The van der Waals surface area contributed by atoms with Crippen molar-refractivity contribution in [3.63, 3.8) is 0 Å². The summed E-state index contributed by atoms with van der Waals surface area (Å²) < 4.78 is 45.0. The largest absolute Gasteiger partial charge is 0.494 e. The molecule has 1 N–H and O–H groups in total. The Bertz CT molecular complexity index is 2800. The number of nitrogens with one attached hydrogen (secondary N) is 1. The van der Waals surface area contributed by atoms with Crippen LogP contribution in [0, 0.1) is 0 Å². The highest BCUT2D eigenvalue weighted by molar-refractivity contribution is 7.22. The zero-order valence-corrected chi connectivity index (χ0v) is 40.9. The molecule has 0 fully saturated rings. The number of ether oxygens (including phenoxy) is 8. The first-order valence-corrected chi connectivity index (χ1v) is 23.7. The van der Waals surface area contributed by atoms with Gasteiger partial charge in [0.25, 0.3) is 0 Å². The Morgan fingerprint density at radius 2 is 1.04 bits per heavy atom. The van der Waals surface area contributed by atoms with E-state index < -0.39 is 35.8 Å². The van der Waals surface area contributed by atoms with Crippen molar-refractivity contribution in [2.45, 2.75) is 65.2 Å². The van der Waals surface area contributed by atoms with Crippen molar-refractivity contribution in [1.29, 1.82) is 0 Å². The number of hydrogen-bond acceptors (Lipinski definition) is 18. The molecule has 0 bridgehead atoms. The summed E-state index contributed by atoms with van der Waals surface area (Å²) in [4.78, 5) is 79.2. The molecule has 0 unspecified atom stereocenters. The minimum absolute atomic E-state index is 0.0380. The number of anilines is 1. The number of carbonyl (C=O) groups is 6. The van der Waals surface area contributed by atoms with E-state index in [4.69, 9.17) is 37.9 Å². The van der Waals surface area contributed by atoms with Gasteiger partial charge in [-0.05, 0) is 132 Å². The molecule has 5 aromatic rings. The van der Waals surface area contributed by atoms with Gasteiger partial charge in [0.2, 0.25) is 5.13 Å². The predicted molar refractivity (Wildman–Crippen MR) is 271 cm³/mol. The SMILES string of the molecule is C=CC(=O)OCCCCCCOc1ccc(C(=O)Oc2cc(OC(=O)C(=C)C)c(OC(=O)c3ccc(OCCCCCCOC(=O)C=C)cc3)cc2/C=N/Nc2nc3ccc(OC(=O)C(=C)C)cc3s2)cc1. The smallest absolute Gasteiger partial charge is 0.343 e. The summed E-state index contributed by atoms with van der Waals surface area (Å²) in [6, 6.07) is 20.1. The van der Waals surface area contributed by atoms with Crippen molar-refractivity contribution in [3.05, 3.63) is 145 Å². The number of carbonyl (C=O) groups excluding carboxylic acids is 6. The number of hydrazone groups is 1. The number of rotatable bonds is 29. The maximum atomic E-state index is 13.7. The van der Waals surface area contributed by atoms with Gasteiger partial charge in [-0.25, -0.2) is 33.8 Å². The third-order valence-corrected chi connectivity index (χ3v) is 10.9. The van der Waals surface area contributed by atoms with Crippen LogP contribution in [-0.4, -0.2) is 73.4 Å². The van der Waals surface area contributed by atoms with Crippen LogP contribution in [0.25, 0.3) is 10.2 Å². The second-order valence-electron chi connectivity index (χ2n) is 15.8. The summed E-state index contributed by atoms with van der Waals surface area (Å²) in [5.74, 6) is -3.15. The van der Waals surface area contributed by atoms with Gasteiger partial charge in [0, 0.05) is 41.0 Å². The molecule has 0 atom stereocenters. The first-order valence-electron chi connectivity index (χ1n) is 22.8. The van der Waals surface area contributed by atoms with Crippen LogP contribution >= 0.6 is 11.3 Å². The molecule has 18 heteroatoms. The van der Waals surface area contributed by atoms with Gasteiger partial charge >= 0.3 is 35.8 Å². The quantitative estimate of drug-likeness (QED) is 0.0118. The fraction of sp³-hybridized carbons (Fsp3) is 0.259. The van der Waals surface area contributed by atoms with E-state index in [0.717, 1.165) is 63.5 Å². The zero-order chi connectivity index (χ0) is 51.8. The van der Waals surface area contributed by atoms with Gasteiger partial charge in [0.1, 0.15) is 23.0 Å². The maximum Gasteiger partial charge on any atom is 0.343 e. The summed E-state index contributed by atoms with van der Waals surface area (Å²) in [7, 11) is 0. The Balaban J connectivity index is 1.33. The summed E-state index contributed by atoms with van der Waals surface area (Å²) >= 11 is 1.22. The predicted octanol–water partition coefficient (Wildman–Crippen LogP) is 10.5. The topological polar surface area (TPSA) is 214 Å². The minimum Gasteiger partial charge on any atom is -0.494 e. The van der Waals surface area contributed by atoms with Crippen LogP contribution in [0.15, 0.2) is 134 Å². The molecule has 0 saturated heterocycles. The van der Waals surface area contributed by atoms with Gasteiger partial charge in [-0.2, -0.15) is 5.10 Å². The Kier molecular flexibility index (Phi) is 21.5. The molecule has 0 aliphatic heterocycles. The van der Waals surface area contributed by atoms with E-state index in [1.165, 1.54) is 60.9 Å². The highest BCUT2D eigenvalue weighted by atomic mass is 32.1. The lowest BCUT2D eigenvalue weighted by atomic mass is 10.1. The molecule has 0 amide bonds. The minimum atomic E-state index is -0.844. The molecule has 0 aliphatic carbocycles. The number of nitrogens with zero attached hydrogens (tertiary/aromatic N) is 2. The van der Waals surface area contributed by atoms with E-state index in [1.807, 2.05) is 0 Å². The highest BCUT2D eigenvalue weighted by Crippen LogP contribution is 2.37. The number of esters is 6. The molecule has 0 saturated carbocycles. The van der Waals surface area contributed by atoms with Crippen LogP contribution in [0.1, 0.15) is 91.5 Å². The van der Waals surface area contributed by atoms with Gasteiger partial charge in [0.15, 0.2) is 11.5 Å². The van der Waals surface area contributed by atoms with E-state index in [9.17, 15) is 28.8 Å². The number of fused-ring (bicyclic) bond motifs is 1. The molecule has 0 spiro atoms. The Hall–Kier alpha value is -8.38. The average molecular weight is 1000 g/mol. The summed E-state index contributed by atoms with van der Waals surface area (Å²) in [6.07, 6.45) is 9.95. The normalized spacial score (nSPS) is 10.7. The third kappa shape index (κ3) is 17.9. The molecule has 17 nitrogen and oxygen atoms in total. The van der Waals surface area contributed by atoms with Crippen LogP contribution in [-0.2, 0) is 28.7 Å². The molecule has 0 aliphatic rings. The first-order chi connectivity index (χ1) is 34.7. The lowest BCUT2D eigenvalue weighted by Gasteiger charge is -2.15. The number of hydrogen-bond donors (Lipinski definition) is 1. The van der Waals surface area contributed by atoms with Crippen molar-refractivity contribution in [3.8, 4) is 34.5 Å². The van der Waals surface area contributed by atoms with E-state index in [2.05, 4.69) is 41.8 Å². The number of benzene rings is 4. The molecule has 4 aromatic carbocycles. The van der Waals surface area contributed by atoms with Gasteiger partial charge in [-0.3, -0.25) is 5.43 Å². The standard InChI is InChI=1S/C54H55N3O14S/c1-7-48(58)66-29-15-11-9-13-27-64-40-21-17-37(18-22-40)52(62)69-44-33-46(70-51(61)36(5)6)45(71-53(63)38-19-23-41(24-20-38)65-28-14-10-12-16-30-67-49(59)8-2)31-39(44)34-55-57-54-56-43-26-25-42(32-47(43)72-54)68-50(60)35(3)4/h7-8,17-26,31-34H,1-3,5,9-16,27-30H2,4,6H3,(H,56,57)/b55-34+. The fourth-order valence-electron chi connectivity index (χ4n) is 6.11. The summed E-state index contributed by atoms with van der Waals surface area (Å²) in [5, 5.41) is 4.69. The molecular formula is C54H55N3O14S. The van der Waals surface area contributed by atoms with Crippen molar-refractivity contribution in [1.82, 2.24) is 4.98 Å². The molecule has 1 aromatic heterocycles. The van der Waals surface area contributed by atoms with Gasteiger partial charge < -0.3 is 37.9 Å². The van der Waals surface area contributed by atoms with Crippen LogP contribution in [0.5, 0.6) is 34.5 Å². The molecule has 376 valence electrons. The number of aromatic nitrogens is 1. The van der Waals surface area contributed by atoms with Gasteiger partial charge in [0.05, 0.1) is 54.0 Å². The molecule has 0 radical (unpaired) electrons. The monoisotopic (exact) mass is 1000 g/mol. The number of thiazole rings is 1. The Labute approximate surface area is 420 Å². The fourth-order valence-corrected chi connectivity index (χ4v) is 6.96. The molecule has 72 heavy (non-hydrogen) atoms. The lowest BCUT2D eigenvalue weighted by molar-refractivity contribution is -0.138. The van der Waals surface area contributed by atoms with Crippen molar-refractivity contribution < 1.29 is 66.7 Å². The van der Waals surface area contributed by atoms with Gasteiger partial charge in [-0.15, -0.1) is 0 Å². The van der Waals surface area contributed by atoms with E-state index in [0.29, 0.717) is 59.0 Å². The second-order valence-corrected chi connectivity index (χ2v) is 16.8. The van der Waals surface area contributed by atoms with Crippen molar-refractivity contribution in [2.75, 3.05) is 31.9 Å². The van der Waals surface area contributed by atoms with Crippen LogP contribution < -0.4 is 33.8 Å². The third-order valence-electron chi connectivity index (χ3n) is 9.93. The number of unbranched alkanes of at least 4 members (excludes halogenated alkanes) is 6. The molecule has 1 heterocycles. The Morgan fingerprint density at radius 1 is 0.569 bits per heavy atom. The Morgan fingerprint density at radius 3 is 1.56 bits per heavy atom. The van der Waals surface area contributed by atoms with Crippen molar-refractivity contribution >= 4 is 68.7 Å². The van der Waals surface area contributed by atoms with Crippen molar-refractivity contribution in [2.24, 2.45) is 5.10 Å². The maximum absolute atomic E-state index is 13.7. The van der Waals surface area contributed by atoms with Crippen LogP contribution in [0.4, 0.5) is 5.13 Å². The molecular weight excluding hydrogens is 947 g/mol.